The van der Waals surface area contributed by atoms with E-state index in [0.717, 1.165) is 25.1 Å². The zero-order valence-corrected chi connectivity index (χ0v) is 11.4. The fourth-order valence-electron chi connectivity index (χ4n) is 2.19. The third kappa shape index (κ3) is 2.72. The van der Waals surface area contributed by atoms with Gasteiger partial charge in [0, 0.05) is 12.2 Å². The maximum atomic E-state index is 12.2. The second-order valence-corrected chi connectivity index (χ2v) is 5.54. The van der Waals surface area contributed by atoms with Gasteiger partial charge in [-0.2, -0.15) is 0 Å². The lowest BCUT2D eigenvalue weighted by molar-refractivity contribution is -0.120. The largest absolute Gasteiger partial charge is 0.326 e. The summed E-state index contributed by atoms with van der Waals surface area (Å²) in [6.45, 7) is 5.10. The van der Waals surface area contributed by atoms with Gasteiger partial charge in [-0.3, -0.25) is 4.79 Å². The molecule has 3 nitrogen and oxygen atoms in total. The highest BCUT2D eigenvalue weighted by Gasteiger charge is 2.49. The van der Waals surface area contributed by atoms with Gasteiger partial charge in [0.1, 0.15) is 0 Å². The Hall–Kier alpha value is -1.35. The van der Waals surface area contributed by atoms with Crippen molar-refractivity contribution in [3.05, 3.63) is 29.8 Å². The molecule has 0 heterocycles. The molecule has 0 unspecified atom stereocenters. The minimum absolute atomic E-state index is 0.147. The van der Waals surface area contributed by atoms with Crippen molar-refractivity contribution in [2.45, 2.75) is 32.6 Å². The van der Waals surface area contributed by atoms with Gasteiger partial charge in [0.2, 0.25) is 5.91 Å². The Kier molecular flexibility index (Phi) is 3.71. The van der Waals surface area contributed by atoms with Crippen LogP contribution in [0.4, 0.5) is 5.69 Å². The SMILES string of the molecule is CNCC1(C(=O)Nc2ccc(C(C)C)cc2)CC1. The molecule has 0 radical (unpaired) electrons. The van der Waals surface area contributed by atoms with Crippen LogP contribution in [0.15, 0.2) is 24.3 Å². The molecule has 2 rings (SSSR count). The number of carbonyl (C=O) groups is 1. The fourth-order valence-corrected chi connectivity index (χ4v) is 2.19. The zero-order valence-electron chi connectivity index (χ0n) is 11.4. The van der Waals surface area contributed by atoms with Crippen molar-refractivity contribution in [2.24, 2.45) is 5.41 Å². The van der Waals surface area contributed by atoms with E-state index in [4.69, 9.17) is 0 Å². The number of benzene rings is 1. The van der Waals surface area contributed by atoms with Crippen LogP contribution in [0, 0.1) is 5.41 Å². The Morgan fingerprint density at radius 2 is 1.89 bits per heavy atom. The molecule has 3 heteroatoms. The lowest BCUT2D eigenvalue weighted by atomic mass is 10.0. The molecule has 1 saturated carbocycles. The predicted octanol–water partition coefficient (Wildman–Crippen LogP) is 2.75. The van der Waals surface area contributed by atoms with E-state index in [0.29, 0.717) is 5.92 Å². The summed E-state index contributed by atoms with van der Waals surface area (Å²) in [5.74, 6) is 0.669. The smallest absolute Gasteiger partial charge is 0.231 e. The average molecular weight is 246 g/mol. The maximum absolute atomic E-state index is 12.2. The summed E-state index contributed by atoms with van der Waals surface area (Å²) in [4.78, 5) is 12.2. The van der Waals surface area contributed by atoms with Crippen molar-refractivity contribution in [2.75, 3.05) is 18.9 Å². The van der Waals surface area contributed by atoms with Crippen molar-refractivity contribution in [1.29, 1.82) is 0 Å². The molecule has 0 aliphatic heterocycles. The number of anilines is 1. The summed E-state index contributed by atoms with van der Waals surface area (Å²) in [5.41, 5.74) is 2.03. The fraction of sp³-hybridized carbons (Fsp3) is 0.533. The van der Waals surface area contributed by atoms with E-state index >= 15 is 0 Å². The third-order valence-electron chi connectivity index (χ3n) is 3.69. The van der Waals surface area contributed by atoms with Gasteiger partial charge in [-0.1, -0.05) is 26.0 Å². The molecular formula is C15H22N2O. The molecule has 1 fully saturated rings. The number of amides is 1. The molecule has 0 aromatic heterocycles. The first-order valence-electron chi connectivity index (χ1n) is 6.63. The minimum Gasteiger partial charge on any atom is -0.326 e. The van der Waals surface area contributed by atoms with E-state index in [1.54, 1.807) is 0 Å². The van der Waals surface area contributed by atoms with Gasteiger partial charge >= 0.3 is 0 Å². The number of nitrogens with one attached hydrogen (secondary N) is 2. The number of hydrogen-bond donors (Lipinski definition) is 2. The van der Waals surface area contributed by atoms with Crippen LogP contribution in [0.25, 0.3) is 0 Å². The van der Waals surface area contributed by atoms with Gasteiger partial charge < -0.3 is 10.6 Å². The second kappa shape index (κ2) is 5.11. The van der Waals surface area contributed by atoms with Crippen LogP contribution in [0.3, 0.4) is 0 Å². The van der Waals surface area contributed by atoms with Crippen LogP contribution in [0.2, 0.25) is 0 Å². The molecule has 0 atom stereocenters. The molecule has 0 spiro atoms. The lowest BCUT2D eigenvalue weighted by Gasteiger charge is -2.15. The molecule has 1 aromatic rings. The molecule has 18 heavy (non-hydrogen) atoms. The highest BCUT2D eigenvalue weighted by atomic mass is 16.2. The van der Waals surface area contributed by atoms with E-state index in [2.05, 4.69) is 36.6 Å². The normalized spacial score (nSPS) is 16.7. The van der Waals surface area contributed by atoms with E-state index in [1.807, 2.05) is 19.2 Å². The molecule has 1 aromatic carbocycles. The number of carbonyl (C=O) groups excluding carboxylic acids is 1. The lowest BCUT2D eigenvalue weighted by Crippen LogP contribution is -2.32. The van der Waals surface area contributed by atoms with E-state index in [9.17, 15) is 4.79 Å². The van der Waals surface area contributed by atoms with Gasteiger partial charge in [-0.15, -0.1) is 0 Å². The van der Waals surface area contributed by atoms with Crippen LogP contribution in [0.5, 0.6) is 0 Å². The number of hydrogen-bond acceptors (Lipinski definition) is 2. The monoisotopic (exact) mass is 246 g/mol. The highest BCUT2D eigenvalue weighted by Crippen LogP contribution is 2.45. The summed E-state index contributed by atoms with van der Waals surface area (Å²) in [6, 6.07) is 8.14. The Balaban J connectivity index is 1.99. The first-order valence-corrected chi connectivity index (χ1v) is 6.63. The number of rotatable bonds is 5. The summed E-state index contributed by atoms with van der Waals surface area (Å²) < 4.78 is 0. The van der Waals surface area contributed by atoms with E-state index < -0.39 is 0 Å². The topological polar surface area (TPSA) is 41.1 Å². The predicted molar refractivity (Wildman–Crippen MR) is 74.8 cm³/mol. The maximum Gasteiger partial charge on any atom is 0.231 e. The molecule has 2 N–H and O–H groups in total. The Morgan fingerprint density at radius 3 is 2.33 bits per heavy atom. The first-order chi connectivity index (χ1) is 8.57. The van der Waals surface area contributed by atoms with Crippen molar-refractivity contribution in [3.8, 4) is 0 Å². The Labute approximate surface area is 109 Å². The first kappa shape index (κ1) is 13.1. The quantitative estimate of drug-likeness (QED) is 0.838. The highest BCUT2D eigenvalue weighted by molar-refractivity contribution is 5.97. The van der Waals surface area contributed by atoms with Crippen LogP contribution in [-0.2, 0) is 4.79 Å². The summed E-state index contributed by atoms with van der Waals surface area (Å²) >= 11 is 0. The third-order valence-corrected chi connectivity index (χ3v) is 3.69. The summed E-state index contributed by atoms with van der Waals surface area (Å²) in [7, 11) is 1.89. The molecule has 0 saturated heterocycles. The summed E-state index contributed by atoms with van der Waals surface area (Å²) in [6.07, 6.45) is 1.98. The van der Waals surface area contributed by atoms with Crippen molar-refractivity contribution in [3.63, 3.8) is 0 Å². The minimum atomic E-state index is -0.161. The van der Waals surface area contributed by atoms with Crippen LogP contribution in [-0.4, -0.2) is 19.5 Å². The van der Waals surface area contributed by atoms with Gasteiger partial charge in [0.25, 0.3) is 0 Å². The van der Waals surface area contributed by atoms with Crippen molar-refractivity contribution in [1.82, 2.24) is 5.32 Å². The Morgan fingerprint density at radius 1 is 1.28 bits per heavy atom. The standard InChI is InChI=1S/C15H22N2O/c1-11(2)12-4-6-13(7-5-12)17-14(18)15(8-9-15)10-16-3/h4-7,11,16H,8-10H2,1-3H3,(H,17,18). The zero-order chi connectivity index (χ0) is 13.2. The molecular weight excluding hydrogens is 224 g/mol. The van der Waals surface area contributed by atoms with Gasteiger partial charge in [0.15, 0.2) is 0 Å². The van der Waals surface area contributed by atoms with Crippen molar-refractivity contribution < 1.29 is 4.79 Å². The van der Waals surface area contributed by atoms with E-state index in [1.165, 1.54) is 5.56 Å². The van der Waals surface area contributed by atoms with Crippen LogP contribution in [0.1, 0.15) is 38.2 Å². The van der Waals surface area contributed by atoms with Crippen molar-refractivity contribution >= 4 is 11.6 Å². The van der Waals surface area contributed by atoms with Crippen LogP contribution >= 0.6 is 0 Å². The summed E-state index contributed by atoms with van der Waals surface area (Å²) in [5, 5.41) is 6.12. The molecule has 1 aliphatic carbocycles. The van der Waals surface area contributed by atoms with Crippen LogP contribution < -0.4 is 10.6 Å². The molecule has 98 valence electrons. The van der Waals surface area contributed by atoms with Gasteiger partial charge in [-0.25, -0.2) is 0 Å². The molecule has 1 amide bonds. The molecule has 0 bridgehead atoms. The second-order valence-electron chi connectivity index (χ2n) is 5.54. The average Bonchev–Trinajstić information content (AvgIpc) is 3.11. The Bertz CT molecular complexity index is 419. The van der Waals surface area contributed by atoms with Gasteiger partial charge in [-0.05, 0) is 43.5 Å². The van der Waals surface area contributed by atoms with Gasteiger partial charge in [0.05, 0.1) is 5.41 Å². The molecule has 1 aliphatic rings. The van der Waals surface area contributed by atoms with E-state index in [-0.39, 0.29) is 11.3 Å².